The molecule has 0 aliphatic carbocycles. The lowest BCUT2D eigenvalue weighted by Gasteiger charge is -2.31. The number of alkyl halides is 3. The number of nitrogens with zero attached hydrogens (tertiary/aromatic N) is 1. The van der Waals surface area contributed by atoms with Gasteiger partial charge in [0.1, 0.15) is 0 Å². The highest BCUT2D eigenvalue weighted by Crippen LogP contribution is 2.38. The number of benzene rings is 1. The van der Waals surface area contributed by atoms with Gasteiger partial charge < -0.3 is 9.64 Å². The molecule has 1 aromatic carbocycles. The van der Waals surface area contributed by atoms with Gasteiger partial charge in [-0.05, 0) is 30.9 Å². The summed E-state index contributed by atoms with van der Waals surface area (Å²) in [5.74, 6) is 0.295. The van der Waals surface area contributed by atoms with Crippen LogP contribution < -0.4 is 9.64 Å². The summed E-state index contributed by atoms with van der Waals surface area (Å²) in [5, 5.41) is 0. The second kappa shape index (κ2) is 5.31. The van der Waals surface area contributed by atoms with Gasteiger partial charge >= 0.3 is 6.36 Å². The van der Waals surface area contributed by atoms with E-state index in [1.165, 1.54) is 6.07 Å². The van der Waals surface area contributed by atoms with Crippen molar-refractivity contribution in [3.63, 3.8) is 0 Å². The first kappa shape index (κ1) is 14.0. The zero-order valence-corrected chi connectivity index (χ0v) is 11.1. The van der Waals surface area contributed by atoms with Crippen molar-refractivity contribution in [1.29, 1.82) is 0 Å². The van der Waals surface area contributed by atoms with Crippen LogP contribution in [0.4, 0.5) is 18.9 Å². The number of halogens is 3. The first-order chi connectivity index (χ1) is 8.88. The largest absolute Gasteiger partial charge is 0.573 e. The summed E-state index contributed by atoms with van der Waals surface area (Å²) in [6, 6.07) is 6.65. The summed E-state index contributed by atoms with van der Waals surface area (Å²) in [7, 11) is 0. The smallest absolute Gasteiger partial charge is 0.404 e. The molecule has 1 aliphatic heterocycles. The Bertz CT molecular complexity index is 431. The molecule has 2 nitrogen and oxygen atoms in total. The van der Waals surface area contributed by atoms with Crippen LogP contribution >= 0.6 is 0 Å². The van der Waals surface area contributed by atoms with Crippen LogP contribution in [-0.2, 0) is 0 Å². The molecule has 0 bridgehead atoms. The molecule has 0 spiro atoms. The minimum absolute atomic E-state index is 0.109. The summed E-state index contributed by atoms with van der Waals surface area (Å²) < 4.78 is 41.4. The van der Waals surface area contributed by atoms with Crippen LogP contribution in [0.25, 0.3) is 0 Å². The van der Waals surface area contributed by atoms with Crippen molar-refractivity contribution < 1.29 is 17.9 Å². The molecule has 1 atom stereocenters. The van der Waals surface area contributed by atoms with Gasteiger partial charge in [-0.2, -0.15) is 0 Å². The van der Waals surface area contributed by atoms with Gasteiger partial charge in [0.05, 0.1) is 5.69 Å². The van der Waals surface area contributed by atoms with Gasteiger partial charge in [-0.15, -0.1) is 13.2 Å². The third-order valence-electron chi connectivity index (χ3n) is 3.47. The SMILES string of the molecule is CC(C)C1CCCN1c1ccccc1OC(F)(F)F. The van der Waals surface area contributed by atoms with E-state index in [9.17, 15) is 13.2 Å². The molecule has 1 saturated heterocycles. The Labute approximate surface area is 111 Å². The molecule has 0 saturated carbocycles. The minimum atomic E-state index is -4.65. The summed E-state index contributed by atoms with van der Waals surface area (Å²) in [6.07, 6.45) is -2.63. The van der Waals surface area contributed by atoms with Crippen molar-refractivity contribution in [3.8, 4) is 5.75 Å². The van der Waals surface area contributed by atoms with Gasteiger partial charge in [0, 0.05) is 12.6 Å². The second-order valence-corrected chi connectivity index (χ2v) is 5.16. The molecule has 5 heteroatoms. The number of para-hydroxylation sites is 2. The molecule has 0 aromatic heterocycles. The topological polar surface area (TPSA) is 12.5 Å². The molecule has 2 rings (SSSR count). The van der Waals surface area contributed by atoms with Crippen LogP contribution in [-0.4, -0.2) is 18.9 Å². The lowest BCUT2D eigenvalue weighted by atomic mass is 10.0. The monoisotopic (exact) mass is 273 g/mol. The zero-order chi connectivity index (χ0) is 14.0. The van der Waals surface area contributed by atoms with Crippen LogP contribution in [0, 0.1) is 5.92 Å². The maximum Gasteiger partial charge on any atom is 0.573 e. The lowest BCUT2D eigenvalue weighted by Crippen LogP contribution is -2.34. The van der Waals surface area contributed by atoms with E-state index in [0.717, 1.165) is 19.4 Å². The molecule has 19 heavy (non-hydrogen) atoms. The number of anilines is 1. The lowest BCUT2D eigenvalue weighted by molar-refractivity contribution is -0.274. The van der Waals surface area contributed by atoms with Gasteiger partial charge in [0.15, 0.2) is 5.75 Å². The Balaban J connectivity index is 2.29. The van der Waals surface area contributed by atoms with Gasteiger partial charge in [0.25, 0.3) is 0 Å². The van der Waals surface area contributed by atoms with Crippen molar-refractivity contribution in [2.75, 3.05) is 11.4 Å². The number of hydrogen-bond acceptors (Lipinski definition) is 2. The van der Waals surface area contributed by atoms with Crippen LogP contribution in [0.15, 0.2) is 24.3 Å². The first-order valence-electron chi connectivity index (χ1n) is 6.50. The number of ether oxygens (including phenoxy) is 1. The Morgan fingerprint density at radius 1 is 1.26 bits per heavy atom. The fraction of sp³-hybridized carbons (Fsp3) is 0.571. The van der Waals surface area contributed by atoms with Crippen molar-refractivity contribution in [2.24, 2.45) is 5.92 Å². The van der Waals surface area contributed by atoms with E-state index in [-0.39, 0.29) is 11.8 Å². The van der Waals surface area contributed by atoms with Crippen LogP contribution in [0.3, 0.4) is 0 Å². The van der Waals surface area contributed by atoms with Gasteiger partial charge in [-0.1, -0.05) is 26.0 Å². The minimum Gasteiger partial charge on any atom is -0.404 e. The number of rotatable bonds is 3. The Kier molecular flexibility index (Phi) is 3.92. The molecule has 1 aromatic rings. The highest BCUT2D eigenvalue weighted by molar-refractivity contribution is 5.59. The quantitative estimate of drug-likeness (QED) is 0.818. The van der Waals surface area contributed by atoms with E-state index in [1.54, 1.807) is 18.2 Å². The normalized spacial score (nSPS) is 20.1. The van der Waals surface area contributed by atoms with Gasteiger partial charge in [-0.25, -0.2) is 0 Å². The molecule has 0 radical (unpaired) electrons. The summed E-state index contributed by atoms with van der Waals surface area (Å²) in [5.41, 5.74) is 0.538. The maximum absolute atomic E-state index is 12.4. The predicted molar refractivity (Wildman–Crippen MR) is 68.3 cm³/mol. The average molecular weight is 273 g/mol. The third-order valence-corrected chi connectivity index (χ3v) is 3.47. The summed E-state index contributed by atoms with van der Waals surface area (Å²) >= 11 is 0. The zero-order valence-electron chi connectivity index (χ0n) is 11.1. The maximum atomic E-state index is 12.4. The number of hydrogen-bond donors (Lipinski definition) is 0. The van der Waals surface area contributed by atoms with Gasteiger partial charge in [-0.3, -0.25) is 0 Å². The summed E-state index contributed by atoms with van der Waals surface area (Å²) in [6.45, 7) is 4.97. The van der Waals surface area contributed by atoms with Crippen molar-refractivity contribution in [3.05, 3.63) is 24.3 Å². The van der Waals surface area contributed by atoms with Crippen LogP contribution in [0.5, 0.6) is 5.75 Å². The molecule has 0 N–H and O–H groups in total. The Hall–Kier alpha value is -1.39. The highest BCUT2D eigenvalue weighted by Gasteiger charge is 2.34. The van der Waals surface area contributed by atoms with E-state index >= 15 is 0 Å². The molecule has 0 amide bonds. The molecule has 1 unspecified atom stereocenters. The van der Waals surface area contributed by atoms with E-state index in [1.807, 2.05) is 4.90 Å². The standard InChI is InChI=1S/C14H18F3NO/c1-10(2)11-7-5-9-18(11)12-6-3-4-8-13(12)19-14(15,16)17/h3-4,6,8,10-11H,5,7,9H2,1-2H3. The fourth-order valence-electron chi connectivity index (χ4n) is 2.69. The molecule has 1 fully saturated rings. The first-order valence-corrected chi connectivity index (χ1v) is 6.50. The van der Waals surface area contributed by atoms with Crippen molar-refractivity contribution in [2.45, 2.75) is 39.1 Å². The van der Waals surface area contributed by atoms with E-state index in [4.69, 9.17) is 0 Å². The van der Waals surface area contributed by atoms with Gasteiger partial charge in [0.2, 0.25) is 0 Å². The van der Waals surface area contributed by atoms with E-state index in [2.05, 4.69) is 18.6 Å². The van der Waals surface area contributed by atoms with Crippen LogP contribution in [0.2, 0.25) is 0 Å². The van der Waals surface area contributed by atoms with Crippen molar-refractivity contribution in [1.82, 2.24) is 0 Å². The molecule has 1 aliphatic rings. The van der Waals surface area contributed by atoms with E-state index in [0.29, 0.717) is 11.6 Å². The van der Waals surface area contributed by atoms with E-state index < -0.39 is 6.36 Å². The third kappa shape index (κ3) is 3.33. The second-order valence-electron chi connectivity index (χ2n) is 5.16. The predicted octanol–water partition coefficient (Wildman–Crippen LogP) is 4.21. The molecular weight excluding hydrogens is 255 g/mol. The molecule has 106 valence electrons. The highest BCUT2D eigenvalue weighted by atomic mass is 19.4. The Morgan fingerprint density at radius 3 is 2.58 bits per heavy atom. The Morgan fingerprint density at radius 2 is 1.95 bits per heavy atom. The molecular formula is C14H18F3NO. The van der Waals surface area contributed by atoms with Crippen molar-refractivity contribution >= 4 is 5.69 Å². The average Bonchev–Trinajstić information content (AvgIpc) is 2.76. The fourth-order valence-corrected chi connectivity index (χ4v) is 2.69. The molecule has 1 heterocycles. The summed E-state index contributed by atoms with van der Waals surface area (Å²) in [4.78, 5) is 2.03. The van der Waals surface area contributed by atoms with Crippen LogP contribution in [0.1, 0.15) is 26.7 Å².